The van der Waals surface area contributed by atoms with Crippen molar-refractivity contribution in [1.29, 1.82) is 5.26 Å². The van der Waals surface area contributed by atoms with E-state index in [0.717, 1.165) is 68.0 Å². The van der Waals surface area contributed by atoms with E-state index in [0.29, 0.717) is 5.56 Å². The van der Waals surface area contributed by atoms with Crippen molar-refractivity contribution in [2.75, 3.05) is 38.5 Å². The summed E-state index contributed by atoms with van der Waals surface area (Å²) < 4.78 is 11.7. The highest BCUT2D eigenvalue weighted by molar-refractivity contribution is 7.99. The largest absolute Gasteiger partial charge is 0.456 e. The molecule has 2 aliphatic heterocycles. The molecular weight excluding hydrogens is 384 g/mol. The molecule has 4 rings (SSSR count). The van der Waals surface area contributed by atoms with E-state index in [1.165, 1.54) is 5.57 Å². The summed E-state index contributed by atoms with van der Waals surface area (Å²) in [4.78, 5) is 8.96. The number of ether oxygens (including phenoxy) is 2. The summed E-state index contributed by atoms with van der Waals surface area (Å²) in [5, 5.41) is 9.97. The van der Waals surface area contributed by atoms with Crippen LogP contribution in [0.25, 0.3) is 0 Å². The van der Waals surface area contributed by atoms with Crippen LogP contribution in [-0.2, 0) is 9.47 Å². The topological polar surface area (TPSA) is 61.6 Å². The first kappa shape index (κ1) is 19.6. The zero-order chi connectivity index (χ0) is 19.9. The predicted molar refractivity (Wildman–Crippen MR) is 112 cm³/mol. The molecule has 1 fully saturated rings. The summed E-state index contributed by atoms with van der Waals surface area (Å²) in [6.07, 6.45) is 13.5. The third-order valence-corrected chi connectivity index (χ3v) is 6.11. The van der Waals surface area contributed by atoms with E-state index in [1.807, 2.05) is 6.07 Å². The number of hydrogen-bond acceptors (Lipinski definition) is 7. The molecule has 0 atom stereocenters. The van der Waals surface area contributed by atoms with Crippen LogP contribution in [0, 0.1) is 11.3 Å². The van der Waals surface area contributed by atoms with Crippen LogP contribution in [0.4, 0.5) is 0 Å². The third kappa shape index (κ3) is 5.03. The van der Waals surface area contributed by atoms with Gasteiger partial charge >= 0.3 is 0 Å². The smallest absolute Gasteiger partial charge is 0.231 e. The number of nitriles is 1. The normalized spacial score (nSPS) is 19.4. The number of piperazine rings is 1. The molecule has 0 N–H and O–H groups in total. The zero-order valence-corrected chi connectivity index (χ0v) is 17.1. The highest BCUT2D eigenvalue weighted by Crippen LogP contribution is 2.26. The second kappa shape index (κ2) is 9.68. The molecule has 3 aliphatic rings. The Bertz CT molecular complexity index is 892. The van der Waals surface area contributed by atoms with Crippen molar-refractivity contribution in [3.63, 3.8) is 0 Å². The molecule has 0 bridgehead atoms. The summed E-state index contributed by atoms with van der Waals surface area (Å²) in [6.45, 7) is 4.73. The Balaban J connectivity index is 1.20. The minimum Gasteiger partial charge on any atom is -0.456 e. The second-order valence-corrected chi connectivity index (χ2v) is 8.06. The zero-order valence-electron chi connectivity index (χ0n) is 16.3. The van der Waals surface area contributed by atoms with Gasteiger partial charge in [-0.3, -0.25) is 4.90 Å². The molecule has 0 amide bonds. The van der Waals surface area contributed by atoms with Crippen LogP contribution in [0.1, 0.15) is 18.4 Å². The van der Waals surface area contributed by atoms with Gasteiger partial charge in [0.05, 0.1) is 5.56 Å². The van der Waals surface area contributed by atoms with Crippen molar-refractivity contribution in [1.82, 2.24) is 14.8 Å². The van der Waals surface area contributed by atoms with E-state index in [4.69, 9.17) is 14.7 Å². The number of pyridine rings is 1. The Hall–Kier alpha value is -2.69. The number of nitrogens with zero attached hydrogens (tertiary/aromatic N) is 4. The van der Waals surface area contributed by atoms with Crippen molar-refractivity contribution < 1.29 is 9.47 Å². The molecule has 150 valence electrons. The predicted octanol–water partition coefficient (Wildman–Crippen LogP) is 3.63. The lowest BCUT2D eigenvalue weighted by molar-refractivity contribution is 0.0872. The van der Waals surface area contributed by atoms with Gasteiger partial charge in [-0.05, 0) is 30.5 Å². The van der Waals surface area contributed by atoms with E-state index in [9.17, 15) is 0 Å². The molecule has 1 saturated heterocycles. The van der Waals surface area contributed by atoms with E-state index in [2.05, 4.69) is 39.1 Å². The van der Waals surface area contributed by atoms with Gasteiger partial charge in [-0.1, -0.05) is 18.2 Å². The fourth-order valence-corrected chi connectivity index (χ4v) is 4.39. The lowest BCUT2D eigenvalue weighted by atomic mass is 10.0. The second-order valence-electron chi connectivity index (χ2n) is 6.98. The van der Waals surface area contributed by atoms with E-state index < -0.39 is 0 Å². The first-order chi connectivity index (χ1) is 14.3. The van der Waals surface area contributed by atoms with E-state index >= 15 is 0 Å². The molecule has 29 heavy (non-hydrogen) atoms. The number of aromatic nitrogens is 1. The number of hydrogen-bond donors (Lipinski definition) is 0. The molecule has 0 radical (unpaired) electrons. The summed E-state index contributed by atoms with van der Waals surface area (Å²) >= 11 is 1.65. The van der Waals surface area contributed by atoms with Gasteiger partial charge in [0, 0.05) is 44.7 Å². The van der Waals surface area contributed by atoms with Crippen molar-refractivity contribution in [3.8, 4) is 6.07 Å². The molecule has 1 aromatic heterocycles. The fourth-order valence-electron chi connectivity index (χ4n) is 3.45. The summed E-state index contributed by atoms with van der Waals surface area (Å²) in [6, 6.07) is 5.82. The van der Waals surface area contributed by atoms with Crippen LogP contribution < -0.4 is 0 Å². The monoisotopic (exact) mass is 408 g/mol. The average Bonchev–Trinajstić information content (AvgIpc) is 2.80. The molecule has 3 heterocycles. The maximum Gasteiger partial charge on any atom is 0.231 e. The number of rotatable bonds is 6. The molecule has 1 aliphatic carbocycles. The van der Waals surface area contributed by atoms with Crippen molar-refractivity contribution >= 4 is 11.8 Å². The van der Waals surface area contributed by atoms with E-state index in [1.54, 1.807) is 36.5 Å². The number of thioether (sulfide) groups is 1. The summed E-state index contributed by atoms with van der Waals surface area (Å²) in [7, 11) is 0. The van der Waals surface area contributed by atoms with Crippen LogP contribution in [-0.4, -0.2) is 53.3 Å². The molecule has 7 heteroatoms. The Kier molecular flexibility index (Phi) is 6.55. The Labute approximate surface area is 175 Å². The average molecular weight is 409 g/mol. The van der Waals surface area contributed by atoms with Crippen LogP contribution in [0.15, 0.2) is 71.3 Å². The molecule has 1 aromatic rings. The highest BCUT2D eigenvalue weighted by Gasteiger charge is 2.22. The summed E-state index contributed by atoms with van der Waals surface area (Å²) in [5.74, 6) is 2.51. The highest BCUT2D eigenvalue weighted by atomic mass is 32.2. The lowest BCUT2D eigenvalue weighted by Crippen LogP contribution is -2.46. The minimum absolute atomic E-state index is 0.649. The van der Waals surface area contributed by atoms with Gasteiger partial charge in [-0.2, -0.15) is 5.26 Å². The van der Waals surface area contributed by atoms with Crippen LogP contribution >= 0.6 is 11.8 Å². The Morgan fingerprint density at radius 2 is 2.07 bits per heavy atom. The van der Waals surface area contributed by atoms with Gasteiger partial charge in [0.2, 0.25) is 5.88 Å². The van der Waals surface area contributed by atoms with Gasteiger partial charge in [0.15, 0.2) is 12.0 Å². The Morgan fingerprint density at radius 3 is 2.79 bits per heavy atom. The van der Waals surface area contributed by atoms with Crippen LogP contribution in [0.5, 0.6) is 0 Å². The van der Waals surface area contributed by atoms with Gasteiger partial charge < -0.3 is 14.4 Å². The molecule has 0 spiro atoms. The number of allylic oxidation sites excluding steroid dienone is 4. The van der Waals surface area contributed by atoms with Crippen LogP contribution in [0.3, 0.4) is 0 Å². The Morgan fingerprint density at radius 1 is 1.17 bits per heavy atom. The van der Waals surface area contributed by atoms with E-state index in [-0.39, 0.29) is 0 Å². The first-order valence-electron chi connectivity index (χ1n) is 9.88. The third-order valence-electron chi connectivity index (χ3n) is 5.13. The molecular formula is C22H24N4O2S. The SMILES string of the molecule is N#Cc1cccnc1SCCN1CCN(C2=COC(C3=CC=CCC3)=CO2)CC1. The maximum atomic E-state index is 9.15. The van der Waals surface area contributed by atoms with Gasteiger partial charge in [-0.15, -0.1) is 11.8 Å². The van der Waals surface area contributed by atoms with Gasteiger partial charge in [0.1, 0.15) is 17.4 Å². The maximum absolute atomic E-state index is 9.15. The van der Waals surface area contributed by atoms with Gasteiger partial charge in [0.25, 0.3) is 0 Å². The van der Waals surface area contributed by atoms with Crippen molar-refractivity contribution in [2.45, 2.75) is 17.9 Å². The lowest BCUT2D eigenvalue weighted by Gasteiger charge is -2.36. The molecule has 0 unspecified atom stereocenters. The van der Waals surface area contributed by atoms with Crippen LogP contribution in [0.2, 0.25) is 0 Å². The van der Waals surface area contributed by atoms with Crippen molar-refractivity contribution in [3.05, 3.63) is 71.9 Å². The molecule has 0 saturated carbocycles. The standard InChI is InChI=1S/C22H24N4O2S/c23-15-19-7-4-8-24-22(19)29-14-13-25-9-11-26(12-10-25)21-17-27-20(16-28-21)18-5-2-1-3-6-18/h1-2,4-5,7-8,16-17H,3,6,9-14H2. The molecule has 6 nitrogen and oxygen atoms in total. The quantitative estimate of drug-likeness (QED) is 0.666. The summed E-state index contributed by atoms with van der Waals surface area (Å²) in [5.41, 5.74) is 1.83. The van der Waals surface area contributed by atoms with Gasteiger partial charge in [-0.25, -0.2) is 4.98 Å². The first-order valence-corrected chi connectivity index (χ1v) is 10.9. The van der Waals surface area contributed by atoms with Crippen molar-refractivity contribution in [2.24, 2.45) is 0 Å². The fraction of sp³-hybridized carbons (Fsp3) is 0.364. The minimum atomic E-state index is 0.649. The molecule has 0 aromatic carbocycles.